The third kappa shape index (κ3) is 5.75. The average Bonchev–Trinajstić information content (AvgIpc) is 2.82. The monoisotopic (exact) mass is 438 g/mol. The highest BCUT2D eigenvalue weighted by atomic mass is 19.1. The molecule has 3 rings (SSSR count). The summed E-state index contributed by atoms with van der Waals surface area (Å²) < 4.78 is 35.7. The second-order valence-corrected chi connectivity index (χ2v) is 6.57. The molecule has 0 fully saturated rings. The number of benzene rings is 2. The average molecular weight is 438 g/mol. The van der Waals surface area contributed by atoms with Crippen molar-refractivity contribution >= 4 is 12.0 Å². The molecule has 3 aromatic rings. The van der Waals surface area contributed by atoms with E-state index in [1.54, 1.807) is 42.6 Å². The zero-order valence-electron chi connectivity index (χ0n) is 17.9. The van der Waals surface area contributed by atoms with Crippen LogP contribution in [0.15, 0.2) is 60.9 Å². The highest BCUT2D eigenvalue weighted by Gasteiger charge is 2.12. The first-order valence-corrected chi connectivity index (χ1v) is 9.66. The Balaban J connectivity index is 1.61. The highest BCUT2D eigenvalue weighted by Crippen LogP contribution is 2.38. The van der Waals surface area contributed by atoms with Crippen molar-refractivity contribution in [1.82, 2.24) is 10.3 Å². The van der Waals surface area contributed by atoms with E-state index in [0.29, 0.717) is 34.1 Å². The number of ether oxygens (including phenoxy) is 4. The van der Waals surface area contributed by atoms with Crippen LogP contribution < -0.4 is 24.3 Å². The van der Waals surface area contributed by atoms with E-state index in [1.807, 2.05) is 0 Å². The minimum atomic E-state index is -0.534. The maximum atomic E-state index is 14.3. The van der Waals surface area contributed by atoms with Gasteiger partial charge in [-0.2, -0.15) is 0 Å². The van der Waals surface area contributed by atoms with Crippen LogP contribution in [0.25, 0.3) is 6.08 Å². The first-order valence-electron chi connectivity index (χ1n) is 9.66. The molecule has 0 aliphatic rings. The van der Waals surface area contributed by atoms with Crippen molar-refractivity contribution in [2.45, 2.75) is 6.54 Å². The van der Waals surface area contributed by atoms with Gasteiger partial charge in [0.2, 0.25) is 11.7 Å². The number of methoxy groups -OCH3 is 3. The second kappa shape index (κ2) is 10.8. The van der Waals surface area contributed by atoms with E-state index < -0.39 is 5.82 Å². The van der Waals surface area contributed by atoms with Gasteiger partial charge in [0.1, 0.15) is 5.75 Å². The molecule has 2 aromatic carbocycles. The summed E-state index contributed by atoms with van der Waals surface area (Å²) in [5.74, 6) is 1.07. The largest absolute Gasteiger partial charge is 0.493 e. The lowest BCUT2D eigenvalue weighted by molar-refractivity contribution is -0.116. The molecule has 0 aliphatic carbocycles. The van der Waals surface area contributed by atoms with Crippen LogP contribution in [0.5, 0.6) is 28.7 Å². The third-order valence-corrected chi connectivity index (χ3v) is 4.44. The molecule has 1 amide bonds. The van der Waals surface area contributed by atoms with Crippen molar-refractivity contribution in [3.8, 4) is 28.7 Å². The van der Waals surface area contributed by atoms with E-state index in [-0.39, 0.29) is 18.2 Å². The first kappa shape index (κ1) is 22.6. The lowest BCUT2D eigenvalue weighted by atomic mass is 10.1. The van der Waals surface area contributed by atoms with Gasteiger partial charge >= 0.3 is 0 Å². The molecular weight excluding hydrogens is 415 g/mol. The summed E-state index contributed by atoms with van der Waals surface area (Å²) in [6, 6.07) is 11.3. The molecule has 1 heterocycles. The van der Waals surface area contributed by atoms with Crippen LogP contribution in [0, 0.1) is 5.82 Å². The Morgan fingerprint density at radius 2 is 1.78 bits per heavy atom. The number of pyridine rings is 1. The molecule has 8 heteroatoms. The van der Waals surface area contributed by atoms with E-state index >= 15 is 0 Å². The molecule has 166 valence electrons. The van der Waals surface area contributed by atoms with E-state index in [1.165, 1.54) is 45.7 Å². The molecular formula is C24H23FN2O5. The third-order valence-electron chi connectivity index (χ3n) is 4.44. The van der Waals surface area contributed by atoms with Crippen LogP contribution in [0.2, 0.25) is 0 Å². The van der Waals surface area contributed by atoms with E-state index in [2.05, 4.69) is 10.3 Å². The number of hydrogen-bond donors (Lipinski definition) is 1. The summed E-state index contributed by atoms with van der Waals surface area (Å²) in [4.78, 5) is 16.1. The molecule has 0 saturated carbocycles. The number of hydrogen-bond acceptors (Lipinski definition) is 6. The lowest BCUT2D eigenvalue weighted by Crippen LogP contribution is -2.20. The summed E-state index contributed by atoms with van der Waals surface area (Å²) in [5, 5.41) is 2.71. The number of carbonyl (C=O) groups excluding carboxylic acids is 1. The fourth-order valence-electron chi connectivity index (χ4n) is 2.89. The topological polar surface area (TPSA) is 78.9 Å². The molecule has 0 spiro atoms. The van der Waals surface area contributed by atoms with Crippen LogP contribution in [0.4, 0.5) is 4.39 Å². The number of halogens is 1. The number of aromatic nitrogens is 1. The Morgan fingerprint density at radius 1 is 1.03 bits per heavy atom. The molecule has 1 N–H and O–H groups in total. The summed E-state index contributed by atoms with van der Waals surface area (Å²) >= 11 is 0. The summed E-state index contributed by atoms with van der Waals surface area (Å²) in [6.07, 6.45) is 6.08. The van der Waals surface area contributed by atoms with E-state index in [9.17, 15) is 9.18 Å². The van der Waals surface area contributed by atoms with Gasteiger partial charge in [-0.15, -0.1) is 0 Å². The van der Waals surface area contributed by atoms with Crippen LogP contribution in [0.3, 0.4) is 0 Å². The molecule has 32 heavy (non-hydrogen) atoms. The Kier molecular flexibility index (Phi) is 7.64. The quantitative estimate of drug-likeness (QED) is 0.500. The van der Waals surface area contributed by atoms with Gasteiger partial charge in [0, 0.05) is 18.8 Å². The Bertz CT molecular complexity index is 1080. The van der Waals surface area contributed by atoms with E-state index in [4.69, 9.17) is 18.9 Å². The fourth-order valence-corrected chi connectivity index (χ4v) is 2.89. The maximum absolute atomic E-state index is 14.3. The highest BCUT2D eigenvalue weighted by molar-refractivity contribution is 5.91. The molecule has 0 radical (unpaired) electrons. The molecule has 0 saturated heterocycles. The Morgan fingerprint density at radius 3 is 2.38 bits per heavy atom. The van der Waals surface area contributed by atoms with Crippen LogP contribution in [-0.4, -0.2) is 32.2 Å². The number of nitrogens with one attached hydrogen (secondary N) is 1. The minimum absolute atomic E-state index is 0.0790. The summed E-state index contributed by atoms with van der Waals surface area (Å²) in [7, 11) is 4.55. The van der Waals surface area contributed by atoms with Crippen LogP contribution in [0.1, 0.15) is 11.1 Å². The zero-order chi connectivity index (χ0) is 22.9. The molecule has 1 aromatic heterocycles. The minimum Gasteiger partial charge on any atom is -0.493 e. The lowest BCUT2D eigenvalue weighted by Gasteiger charge is -2.12. The normalized spacial score (nSPS) is 10.6. The van der Waals surface area contributed by atoms with Crippen LogP contribution in [-0.2, 0) is 11.3 Å². The van der Waals surface area contributed by atoms with Crippen molar-refractivity contribution in [2.75, 3.05) is 21.3 Å². The fraction of sp³-hybridized carbons (Fsp3) is 0.167. The van der Waals surface area contributed by atoms with Gasteiger partial charge in [0.05, 0.1) is 27.5 Å². The predicted octanol–water partition coefficient (Wildman–Crippen LogP) is 4.37. The maximum Gasteiger partial charge on any atom is 0.244 e. The Hall–Kier alpha value is -4.07. The SMILES string of the molecule is COc1cc(/C=C/C(=O)NCc2ccc(Oc3cccnc3)c(F)c2)cc(OC)c1OC. The summed E-state index contributed by atoms with van der Waals surface area (Å²) in [6.45, 7) is 0.155. The van der Waals surface area contributed by atoms with Gasteiger partial charge < -0.3 is 24.3 Å². The van der Waals surface area contributed by atoms with E-state index in [0.717, 1.165) is 0 Å². The second-order valence-electron chi connectivity index (χ2n) is 6.57. The number of carbonyl (C=O) groups is 1. The van der Waals surface area contributed by atoms with Gasteiger partial charge in [0.15, 0.2) is 23.1 Å². The van der Waals surface area contributed by atoms with Crippen molar-refractivity contribution in [2.24, 2.45) is 0 Å². The van der Waals surface area contributed by atoms with Gasteiger partial charge in [-0.25, -0.2) is 4.39 Å². The molecule has 0 atom stereocenters. The molecule has 0 aliphatic heterocycles. The standard InChI is InChI=1S/C24H23FN2O5/c1-29-21-12-16(13-22(30-2)24(21)31-3)7-9-23(28)27-14-17-6-8-20(19(25)11-17)32-18-5-4-10-26-15-18/h4-13,15H,14H2,1-3H3,(H,27,28)/b9-7+. The Labute approximate surface area is 185 Å². The van der Waals surface area contributed by atoms with Gasteiger partial charge in [-0.05, 0) is 53.6 Å². The van der Waals surface area contributed by atoms with Gasteiger partial charge in [-0.3, -0.25) is 9.78 Å². The van der Waals surface area contributed by atoms with Crippen molar-refractivity contribution in [3.05, 3.63) is 77.9 Å². The first-order chi connectivity index (χ1) is 15.5. The molecule has 7 nitrogen and oxygen atoms in total. The molecule has 0 bridgehead atoms. The number of rotatable bonds is 9. The van der Waals surface area contributed by atoms with Crippen LogP contribution >= 0.6 is 0 Å². The molecule has 0 unspecified atom stereocenters. The van der Waals surface area contributed by atoms with Crippen molar-refractivity contribution in [3.63, 3.8) is 0 Å². The zero-order valence-corrected chi connectivity index (χ0v) is 17.9. The van der Waals surface area contributed by atoms with Crippen molar-refractivity contribution in [1.29, 1.82) is 0 Å². The van der Waals surface area contributed by atoms with Gasteiger partial charge in [0.25, 0.3) is 0 Å². The number of nitrogens with zero attached hydrogens (tertiary/aromatic N) is 1. The predicted molar refractivity (Wildman–Crippen MR) is 118 cm³/mol. The number of amides is 1. The van der Waals surface area contributed by atoms with Crippen molar-refractivity contribution < 1.29 is 28.1 Å². The van der Waals surface area contributed by atoms with Gasteiger partial charge in [-0.1, -0.05) is 6.07 Å². The smallest absolute Gasteiger partial charge is 0.244 e. The summed E-state index contributed by atoms with van der Waals surface area (Å²) in [5.41, 5.74) is 1.29.